The van der Waals surface area contributed by atoms with Crippen LogP contribution in [0.5, 0.6) is 0 Å². The number of aryl methyl sites for hydroxylation is 1. The zero-order valence-electron chi connectivity index (χ0n) is 14.2. The van der Waals surface area contributed by atoms with Crippen LogP contribution in [-0.4, -0.2) is 26.8 Å². The molecule has 0 bridgehead atoms. The number of rotatable bonds is 6. The molecule has 0 fully saturated rings. The molecular weight excluding hydrogens is 354 g/mol. The second-order valence-corrected chi connectivity index (χ2v) is 7.90. The molecule has 1 aliphatic heterocycles. The van der Waals surface area contributed by atoms with E-state index in [9.17, 15) is 18.0 Å². The molecule has 3 N–H and O–H groups in total. The van der Waals surface area contributed by atoms with Crippen molar-refractivity contribution in [3.05, 3.63) is 59.2 Å². The van der Waals surface area contributed by atoms with Gasteiger partial charge in [-0.15, -0.1) is 0 Å². The van der Waals surface area contributed by atoms with Crippen LogP contribution in [0.4, 0.5) is 5.69 Å². The summed E-state index contributed by atoms with van der Waals surface area (Å²) in [4.78, 5) is 23.3. The Morgan fingerprint density at radius 2 is 2.00 bits per heavy atom. The van der Waals surface area contributed by atoms with Crippen molar-refractivity contribution >= 4 is 27.5 Å². The molecule has 0 saturated carbocycles. The summed E-state index contributed by atoms with van der Waals surface area (Å²) in [5.41, 5.74) is 3.27. The number of carbonyl (C=O) groups is 2. The predicted octanol–water partition coefficient (Wildman–Crippen LogP) is 1.08. The Morgan fingerprint density at radius 1 is 1.19 bits per heavy atom. The van der Waals surface area contributed by atoms with Crippen LogP contribution in [0.3, 0.4) is 0 Å². The summed E-state index contributed by atoms with van der Waals surface area (Å²) in [7, 11) is -3.83. The number of benzene rings is 2. The molecule has 136 valence electrons. The molecule has 8 heteroatoms. The summed E-state index contributed by atoms with van der Waals surface area (Å²) < 4.78 is 27.0. The molecule has 7 nitrogen and oxygen atoms in total. The molecule has 0 saturated heterocycles. The molecule has 0 aliphatic carbocycles. The molecule has 0 radical (unpaired) electrons. The minimum Gasteiger partial charge on any atom is -0.351 e. The highest BCUT2D eigenvalue weighted by molar-refractivity contribution is 7.89. The number of amides is 2. The van der Waals surface area contributed by atoms with Crippen molar-refractivity contribution in [1.82, 2.24) is 10.0 Å². The van der Waals surface area contributed by atoms with Crippen molar-refractivity contribution in [2.45, 2.75) is 24.8 Å². The fraction of sp³-hybridized carbons (Fsp3) is 0.222. The van der Waals surface area contributed by atoms with Gasteiger partial charge in [0.25, 0.3) is 0 Å². The van der Waals surface area contributed by atoms with E-state index in [1.807, 2.05) is 31.2 Å². The summed E-state index contributed by atoms with van der Waals surface area (Å²) >= 11 is 0. The number of hydrogen-bond donors (Lipinski definition) is 3. The topological polar surface area (TPSA) is 104 Å². The summed E-state index contributed by atoms with van der Waals surface area (Å²) in [6, 6.07) is 12.1. The van der Waals surface area contributed by atoms with E-state index in [4.69, 9.17) is 0 Å². The van der Waals surface area contributed by atoms with Crippen LogP contribution >= 0.6 is 0 Å². The quantitative estimate of drug-likeness (QED) is 0.705. The predicted molar refractivity (Wildman–Crippen MR) is 97.0 cm³/mol. The molecule has 26 heavy (non-hydrogen) atoms. The molecule has 2 amide bonds. The van der Waals surface area contributed by atoms with Crippen LogP contribution in [0.1, 0.15) is 16.7 Å². The summed E-state index contributed by atoms with van der Waals surface area (Å²) in [5.74, 6) is -0.592. The van der Waals surface area contributed by atoms with Gasteiger partial charge in [0, 0.05) is 12.2 Å². The monoisotopic (exact) mass is 373 g/mol. The van der Waals surface area contributed by atoms with Gasteiger partial charge in [-0.05, 0) is 36.2 Å². The van der Waals surface area contributed by atoms with Gasteiger partial charge in [-0.25, -0.2) is 13.1 Å². The van der Waals surface area contributed by atoms with E-state index in [1.54, 1.807) is 6.07 Å². The molecule has 2 aromatic carbocycles. The number of hydrogen-bond acceptors (Lipinski definition) is 4. The van der Waals surface area contributed by atoms with Gasteiger partial charge in [-0.2, -0.15) is 0 Å². The maximum Gasteiger partial charge on any atom is 0.241 e. The van der Waals surface area contributed by atoms with Gasteiger partial charge in [-0.3, -0.25) is 9.59 Å². The second kappa shape index (κ2) is 7.27. The first-order valence-electron chi connectivity index (χ1n) is 8.08. The minimum absolute atomic E-state index is 0.0271. The lowest BCUT2D eigenvalue weighted by atomic mass is 10.1. The Labute approximate surface area is 151 Å². The normalized spacial score (nSPS) is 13.2. The van der Waals surface area contributed by atoms with Crippen molar-refractivity contribution in [3.63, 3.8) is 0 Å². The van der Waals surface area contributed by atoms with Crippen LogP contribution < -0.4 is 15.4 Å². The van der Waals surface area contributed by atoms with Crippen molar-refractivity contribution in [3.8, 4) is 0 Å². The second-order valence-electron chi connectivity index (χ2n) is 6.13. The van der Waals surface area contributed by atoms with Crippen LogP contribution in [0.15, 0.2) is 47.4 Å². The van der Waals surface area contributed by atoms with Gasteiger partial charge in [0.1, 0.15) is 0 Å². The average Bonchev–Trinajstić information content (AvgIpc) is 2.97. The number of nitrogens with one attached hydrogen (secondary N) is 3. The molecule has 0 aromatic heterocycles. The van der Waals surface area contributed by atoms with Crippen molar-refractivity contribution in [1.29, 1.82) is 0 Å². The third kappa shape index (κ3) is 4.27. The van der Waals surface area contributed by atoms with Crippen LogP contribution in [0.2, 0.25) is 0 Å². The van der Waals surface area contributed by atoms with E-state index in [2.05, 4.69) is 15.4 Å². The van der Waals surface area contributed by atoms with Crippen molar-refractivity contribution < 1.29 is 18.0 Å². The fourth-order valence-electron chi connectivity index (χ4n) is 2.70. The van der Waals surface area contributed by atoms with E-state index in [-0.39, 0.29) is 23.8 Å². The maximum absolute atomic E-state index is 12.3. The first kappa shape index (κ1) is 18.1. The highest BCUT2D eigenvalue weighted by Crippen LogP contribution is 2.25. The summed E-state index contributed by atoms with van der Waals surface area (Å²) in [6.07, 6.45) is 0.148. The van der Waals surface area contributed by atoms with E-state index >= 15 is 0 Å². The third-order valence-corrected chi connectivity index (χ3v) is 5.41. The smallest absolute Gasteiger partial charge is 0.241 e. The summed E-state index contributed by atoms with van der Waals surface area (Å²) in [6.45, 7) is 1.93. The molecule has 1 heterocycles. The Balaban J connectivity index is 1.57. The zero-order chi connectivity index (χ0) is 18.7. The third-order valence-electron chi connectivity index (χ3n) is 4.01. The van der Waals surface area contributed by atoms with Crippen LogP contribution in [0.25, 0.3) is 0 Å². The van der Waals surface area contributed by atoms with Crippen molar-refractivity contribution in [2.24, 2.45) is 0 Å². The Morgan fingerprint density at radius 3 is 2.77 bits per heavy atom. The molecule has 3 rings (SSSR count). The van der Waals surface area contributed by atoms with E-state index in [0.29, 0.717) is 17.8 Å². The summed E-state index contributed by atoms with van der Waals surface area (Å²) in [5, 5.41) is 5.32. The standard InChI is InChI=1S/C18H19N3O4S/c1-12-3-2-4-13(7-12)10-19-18(23)11-20-26(24,25)15-5-6-16-14(8-15)9-17(22)21-16/h2-8,20H,9-11H2,1H3,(H,19,23)(H,21,22). The van der Waals surface area contributed by atoms with Gasteiger partial charge in [0.15, 0.2) is 0 Å². The van der Waals surface area contributed by atoms with Crippen molar-refractivity contribution in [2.75, 3.05) is 11.9 Å². The Kier molecular flexibility index (Phi) is 5.06. The highest BCUT2D eigenvalue weighted by atomic mass is 32.2. The van der Waals surface area contributed by atoms with Gasteiger partial charge in [0.05, 0.1) is 17.9 Å². The molecule has 2 aromatic rings. The first-order chi connectivity index (χ1) is 12.3. The minimum atomic E-state index is -3.83. The Hall–Kier alpha value is -2.71. The van der Waals surface area contributed by atoms with E-state index in [0.717, 1.165) is 11.1 Å². The van der Waals surface area contributed by atoms with Crippen LogP contribution in [-0.2, 0) is 32.6 Å². The Bertz CT molecular complexity index is 970. The fourth-order valence-corrected chi connectivity index (χ4v) is 3.73. The van der Waals surface area contributed by atoms with Gasteiger partial charge in [-0.1, -0.05) is 29.8 Å². The molecule has 0 atom stereocenters. The average molecular weight is 373 g/mol. The van der Waals surface area contributed by atoms with E-state index in [1.165, 1.54) is 12.1 Å². The SMILES string of the molecule is Cc1cccc(CNC(=O)CNS(=O)(=O)c2ccc3c(c2)CC(=O)N3)c1. The molecule has 1 aliphatic rings. The largest absolute Gasteiger partial charge is 0.351 e. The highest BCUT2D eigenvalue weighted by Gasteiger charge is 2.22. The lowest BCUT2D eigenvalue weighted by Gasteiger charge is -2.09. The molecule has 0 spiro atoms. The first-order valence-corrected chi connectivity index (χ1v) is 9.56. The van der Waals surface area contributed by atoms with Gasteiger partial charge >= 0.3 is 0 Å². The lowest BCUT2D eigenvalue weighted by molar-refractivity contribution is -0.120. The number of anilines is 1. The number of carbonyl (C=O) groups excluding carboxylic acids is 2. The van der Waals surface area contributed by atoms with E-state index < -0.39 is 15.9 Å². The zero-order valence-corrected chi connectivity index (χ0v) is 15.0. The van der Waals surface area contributed by atoms with Gasteiger partial charge < -0.3 is 10.6 Å². The molecular formula is C18H19N3O4S. The number of sulfonamides is 1. The number of fused-ring (bicyclic) bond motifs is 1. The van der Waals surface area contributed by atoms with Gasteiger partial charge in [0.2, 0.25) is 21.8 Å². The lowest BCUT2D eigenvalue weighted by Crippen LogP contribution is -2.36. The van der Waals surface area contributed by atoms with Crippen LogP contribution in [0, 0.1) is 6.92 Å². The maximum atomic E-state index is 12.3. The molecule has 0 unspecified atom stereocenters.